The monoisotopic (exact) mass is 259 g/mol. The summed E-state index contributed by atoms with van der Waals surface area (Å²) in [6.45, 7) is 3.69. The zero-order valence-electron chi connectivity index (χ0n) is 8.72. The molecular formula is C10H10FNO4S. The largest absolute Gasteiger partial charge is 0.488 e. The van der Waals surface area contributed by atoms with Crippen molar-refractivity contribution in [2.24, 2.45) is 0 Å². The van der Waals surface area contributed by atoms with Crippen molar-refractivity contribution in [3.8, 4) is 5.75 Å². The molecule has 92 valence electrons. The van der Waals surface area contributed by atoms with E-state index in [2.05, 4.69) is 16.1 Å². The third kappa shape index (κ3) is 4.64. The van der Waals surface area contributed by atoms with Crippen LogP contribution in [0, 0.1) is 0 Å². The number of carbonyl (C=O) groups excluding carboxylic acids is 1. The Hall–Kier alpha value is -1.89. The van der Waals surface area contributed by atoms with Gasteiger partial charge in [0.2, 0.25) is 0 Å². The Kier molecular flexibility index (Phi) is 4.22. The van der Waals surface area contributed by atoms with Gasteiger partial charge in [0.1, 0.15) is 5.75 Å². The first-order chi connectivity index (χ1) is 7.92. The first-order valence-electron chi connectivity index (χ1n) is 4.55. The molecule has 1 amide bonds. The van der Waals surface area contributed by atoms with Crippen LogP contribution in [0.4, 0.5) is 3.89 Å². The van der Waals surface area contributed by atoms with E-state index in [9.17, 15) is 17.1 Å². The smallest absolute Gasteiger partial charge is 0.358 e. The number of rotatable bonds is 5. The van der Waals surface area contributed by atoms with Crippen LogP contribution in [0.5, 0.6) is 5.75 Å². The van der Waals surface area contributed by atoms with Crippen molar-refractivity contribution in [1.82, 2.24) is 5.32 Å². The number of halogens is 1. The molecule has 0 bridgehead atoms. The second kappa shape index (κ2) is 5.44. The number of nitrogens with one attached hydrogen (secondary N) is 1. The fraction of sp³-hybridized carbons (Fsp3) is 0.100. The molecule has 0 spiro atoms. The first kappa shape index (κ1) is 13.2. The minimum absolute atomic E-state index is 0.160. The molecule has 0 saturated carbocycles. The Labute approximate surface area is 98.3 Å². The fourth-order valence-electron chi connectivity index (χ4n) is 1.07. The van der Waals surface area contributed by atoms with Crippen LogP contribution >= 0.6 is 0 Å². The van der Waals surface area contributed by atoms with E-state index in [4.69, 9.17) is 0 Å². The molecule has 0 aromatic heterocycles. The summed E-state index contributed by atoms with van der Waals surface area (Å²) in [5, 5.41) is 2.48. The van der Waals surface area contributed by atoms with Crippen molar-refractivity contribution in [2.75, 3.05) is 6.54 Å². The molecule has 1 rings (SSSR count). The van der Waals surface area contributed by atoms with Gasteiger partial charge in [-0.15, -0.1) is 6.58 Å². The summed E-state index contributed by atoms with van der Waals surface area (Å²) in [5.74, 6) is -0.703. The molecule has 0 atom stereocenters. The third-order valence-corrected chi connectivity index (χ3v) is 2.09. The van der Waals surface area contributed by atoms with E-state index in [1.54, 1.807) is 0 Å². The van der Waals surface area contributed by atoms with Gasteiger partial charge in [-0.05, 0) is 18.2 Å². The number of amides is 1. The van der Waals surface area contributed by atoms with Crippen LogP contribution < -0.4 is 9.50 Å². The standard InChI is InChI=1S/C10H10FNO4S/c1-2-6-12-10(13)8-4-3-5-9(7-8)16-17(11,14)15/h2-5,7H,1,6H2,(H,12,13). The Balaban J connectivity index is 2.85. The van der Waals surface area contributed by atoms with E-state index < -0.39 is 16.4 Å². The lowest BCUT2D eigenvalue weighted by Gasteiger charge is -2.04. The molecular weight excluding hydrogens is 249 g/mol. The normalized spacial score (nSPS) is 10.6. The first-order valence-corrected chi connectivity index (χ1v) is 5.86. The second-order valence-corrected chi connectivity index (χ2v) is 3.96. The van der Waals surface area contributed by atoms with Gasteiger partial charge in [0, 0.05) is 12.1 Å². The SMILES string of the molecule is C=CCNC(=O)c1cccc(OS(=O)(=O)F)c1. The van der Waals surface area contributed by atoms with E-state index in [0.717, 1.165) is 6.07 Å². The van der Waals surface area contributed by atoms with Crippen molar-refractivity contribution in [3.05, 3.63) is 42.5 Å². The average Bonchev–Trinajstić information content (AvgIpc) is 2.24. The van der Waals surface area contributed by atoms with Gasteiger partial charge in [0.15, 0.2) is 0 Å². The third-order valence-electron chi connectivity index (χ3n) is 1.70. The van der Waals surface area contributed by atoms with Gasteiger partial charge < -0.3 is 9.50 Å². The van der Waals surface area contributed by atoms with Gasteiger partial charge in [0.25, 0.3) is 5.91 Å². The maximum atomic E-state index is 12.2. The molecule has 5 nitrogen and oxygen atoms in total. The predicted molar refractivity (Wildman–Crippen MR) is 59.6 cm³/mol. The maximum absolute atomic E-state index is 12.2. The Bertz CT molecular complexity index is 527. The van der Waals surface area contributed by atoms with Crippen LogP contribution in [-0.2, 0) is 10.5 Å². The van der Waals surface area contributed by atoms with Crippen molar-refractivity contribution in [1.29, 1.82) is 0 Å². The summed E-state index contributed by atoms with van der Waals surface area (Å²) in [7, 11) is -5.08. The molecule has 0 unspecified atom stereocenters. The van der Waals surface area contributed by atoms with Gasteiger partial charge >= 0.3 is 10.5 Å². The van der Waals surface area contributed by atoms with Crippen LogP contribution in [-0.4, -0.2) is 20.9 Å². The maximum Gasteiger partial charge on any atom is 0.488 e. The van der Waals surface area contributed by atoms with Crippen LogP contribution in [0.15, 0.2) is 36.9 Å². The molecule has 1 aromatic carbocycles. The lowest BCUT2D eigenvalue weighted by Crippen LogP contribution is -2.23. The summed E-state index contributed by atoms with van der Waals surface area (Å²) in [6, 6.07) is 5.16. The van der Waals surface area contributed by atoms with Gasteiger partial charge in [-0.1, -0.05) is 16.0 Å². The molecule has 0 saturated heterocycles. The van der Waals surface area contributed by atoms with E-state index >= 15 is 0 Å². The second-order valence-electron chi connectivity index (χ2n) is 3.00. The molecule has 0 fully saturated rings. The van der Waals surface area contributed by atoms with Crippen LogP contribution in [0.1, 0.15) is 10.4 Å². The van der Waals surface area contributed by atoms with E-state index in [0.29, 0.717) is 0 Å². The molecule has 1 N–H and O–H groups in total. The Morgan fingerprint density at radius 3 is 2.82 bits per heavy atom. The molecule has 0 radical (unpaired) electrons. The molecule has 1 aromatic rings. The van der Waals surface area contributed by atoms with Crippen molar-refractivity contribution in [3.63, 3.8) is 0 Å². The predicted octanol–water partition coefficient (Wildman–Crippen LogP) is 1.20. The number of hydrogen-bond acceptors (Lipinski definition) is 4. The lowest BCUT2D eigenvalue weighted by atomic mass is 10.2. The fourth-order valence-corrected chi connectivity index (χ4v) is 1.40. The minimum atomic E-state index is -5.08. The highest BCUT2D eigenvalue weighted by Gasteiger charge is 2.11. The summed E-state index contributed by atoms with van der Waals surface area (Å²) in [5.41, 5.74) is 0.160. The summed E-state index contributed by atoms with van der Waals surface area (Å²) < 4.78 is 36.8. The van der Waals surface area contributed by atoms with E-state index in [-0.39, 0.29) is 17.9 Å². The summed E-state index contributed by atoms with van der Waals surface area (Å²) >= 11 is 0. The molecule has 7 heteroatoms. The Morgan fingerprint density at radius 2 is 2.24 bits per heavy atom. The topological polar surface area (TPSA) is 72.5 Å². The van der Waals surface area contributed by atoms with Crippen molar-refractivity contribution < 1.29 is 21.3 Å². The average molecular weight is 259 g/mol. The molecule has 0 aliphatic rings. The van der Waals surface area contributed by atoms with Gasteiger partial charge in [-0.2, -0.15) is 8.42 Å². The lowest BCUT2D eigenvalue weighted by molar-refractivity contribution is 0.0957. The minimum Gasteiger partial charge on any atom is -0.358 e. The van der Waals surface area contributed by atoms with Gasteiger partial charge in [-0.3, -0.25) is 4.79 Å². The highest BCUT2D eigenvalue weighted by Crippen LogP contribution is 2.15. The zero-order chi connectivity index (χ0) is 12.9. The molecule has 0 heterocycles. The van der Waals surface area contributed by atoms with Gasteiger partial charge in [-0.25, -0.2) is 0 Å². The number of hydrogen-bond donors (Lipinski definition) is 1. The highest BCUT2D eigenvalue weighted by molar-refractivity contribution is 7.81. The summed E-state index contributed by atoms with van der Waals surface area (Å²) in [4.78, 5) is 11.5. The molecule has 17 heavy (non-hydrogen) atoms. The van der Waals surface area contributed by atoms with Crippen LogP contribution in [0.25, 0.3) is 0 Å². The van der Waals surface area contributed by atoms with Crippen molar-refractivity contribution >= 4 is 16.4 Å². The van der Waals surface area contributed by atoms with E-state index in [1.807, 2.05) is 0 Å². The summed E-state index contributed by atoms with van der Waals surface area (Å²) in [6.07, 6.45) is 1.49. The highest BCUT2D eigenvalue weighted by atomic mass is 32.3. The van der Waals surface area contributed by atoms with Crippen LogP contribution in [0.3, 0.4) is 0 Å². The van der Waals surface area contributed by atoms with Crippen molar-refractivity contribution in [2.45, 2.75) is 0 Å². The molecule has 0 aliphatic heterocycles. The molecule has 0 aliphatic carbocycles. The van der Waals surface area contributed by atoms with Crippen LogP contribution in [0.2, 0.25) is 0 Å². The zero-order valence-corrected chi connectivity index (χ0v) is 9.54. The van der Waals surface area contributed by atoms with E-state index in [1.165, 1.54) is 24.3 Å². The number of benzene rings is 1. The quantitative estimate of drug-likeness (QED) is 0.637. The number of carbonyl (C=O) groups is 1. The van der Waals surface area contributed by atoms with Gasteiger partial charge in [0.05, 0.1) is 0 Å². The Morgan fingerprint density at radius 1 is 1.53 bits per heavy atom.